The molecule has 5 aliphatic rings. The van der Waals surface area contributed by atoms with Crippen molar-refractivity contribution in [2.45, 2.75) is 30.0 Å². The highest BCUT2D eigenvalue weighted by molar-refractivity contribution is 6.24. The molecule has 72 valence electrons. The van der Waals surface area contributed by atoms with Crippen molar-refractivity contribution in [2.75, 3.05) is 0 Å². The van der Waals surface area contributed by atoms with Crippen molar-refractivity contribution >= 4 is 23.2 Å². The van der Waals surface area contributed by atoms with Crippen LogP contribution in [0.3, 0.4) is 0 Å². The number of alkyl halides is 2. The number of halogens is 2. The zero-order chi connectivity index (χ0) is 8.74. The lowest BCUT2D eigenvalue weighted by molar-refractivity contribution is 0.273. The number of fused-ring (bicyclic) bond motifs is 2. The summed E-state index contributed by atoms with van der Waals surface area (Å²) in [5.41, 5.74) is 0. The van der Waals surface area contributed by atoms with Crippen LogP contribution in [0.5, 0.6) is 0 Å². The van der Waals surface area contributed by atoms with Crippen LogP contribution in [-0.4, -0.2) is 10.8 Å². The first-order valence-electron chi connectivity index (χ1n) is 5.55. The third-order valence-electron chi connectivity index (χ3n) is 5.05. The molecule has 0 spiro atoms. The highest BCUT2D eigenvalue weighted by Gasteiger charge is 2.69. The van der Waals surface area contributed by atoms with Crippen molar-refractivity contribution in [1.29, 1.82) is 0 Å². The summed E-state index contributed by atoms with van der Waals surface area (Å²) in [7, 11) is 0. The molecule has 2 heteroatoms. The molecule has 0 nitrogen and oxygen atoms in total. The first kappa shape index (κ1) is 7.82. The lowest BCUT2D eigenvalue weighted by Crippen LogP contribution is -2.23. The molecule has 0 aromatic rings. The van der Waals surface area contributed by atoms with Crippen molar-refractivity contribution in [3.05, 3.63) is 0 Å². The summed E-state index contributed by atoms with van der Waals surface area (Å²) in [6.45, 7) is 0. The molecular formula is C11H14Cl2. The van der Waals surface area contributed by atoms with Gasteiger partial charge in [-0.05, 0) is 54.8 Å². The minimum absolute atomic E-state index is 0.403. The van der Waals surface area contributed by atoms with Crippen molar-refractivity contribution in [3.8, 4) is 0 Å². The number of hydrogen-bond donors (Lipinski definition) is 0. The molecule has 0 amide bonds. The molecule has 0 N–H and O–H groups in total. The van der Waals surface area contributed by atoms with Gasteiger partial charge in [-0.25, -0.2) is 0 Å². The van der Waals surface area contributed by atoms with E-state index in [4.69, 9.17) is 23.2 Å². The summed E-state index contributed by atoms with van der Waals surface area (Å²) in [5.74, 6) is 5.66. The number of hydrogen-bond acceptors (Lipinski definition) is 0. The van der Waals surface area contributed by atoms with Crippen molar-refractivity contribution in [1.82, 2.24) is 0 Å². The van der Waals surface area contributed by atoms with Crippen LogP contribution < -0.4 is 0 Å². The van der Waals surface area contributed by atoms with Gasteiger partial charge in [-0.3, -0.25) is 0 Å². The normalized spacial score (nSPS) is 72.5. The predicted octanol–water partition coefficient (Wildman–Crippen LogP) is 3.12. The van der Waals surface area contributed by atoms with Gasteiger partial charge in [0, 0.05) is 10.8 Å². The number of rotatable bonds is 0. The quantitative estimate of drug-likeness (QED) is 0.547. The lowest BCUT2D eigenvalue weighted by atomic mass is 9.84. The van der Waals surface area contributed by atoms with Crippen molar-refractivity contribution in [2.24, 2.45) is 35.5 Å². The Balaban J connectivity index is 1.80. The van der Waals surface area contributed by atoms with Crippen LogP contribution in [-0.2, 0) is 0 Å². The van der Waals surface area contributed by atoms with Crippen LogP contribution in [0.1, 0.15) is 19.3 Å². The fourth-order valence-electron chi connectivity index (χ4n) is 4.48. The van der Waals surface area contributed by atoms with Crippen LogP contribution >= 0.6 is 23.2 Å². The average molecular weight is 217 g/mol. The fourth-order valence-corrected chi connectivity index (χ4v) is 5.70. The van der Waals surface area contributed by atoms with E-state index in [2.05, 4.69) is 0 Å². The summed E-state index contributed by atoms with van der Waals surface area (Å²) in [6.07, 6.45) is 3.99. The van der Waals surface area contributed by atoms with Gasteiger partial charge in [0.1, 0.15) is 0 Å². The molecule has 5 aliphatic carbocycles. The van der Waals surface area contributed by atoms with E-state index in [0.717, 1.165) is 41.9 Å². The molecule has 5 rings (SSSR count). The topological polar surface area (TPSA) is 0 Å². The minimum Gasteiger partial charge on any atom is -0.123 e. The molecule has 0 aromatic carbocycles. The van der Waals surface area contributed by atoms with E-state index in [-0.39, 0.29) is 0 Å². The van der Waals surface area contributed by atoms with Gasteiger partial charge < -0.3 is 0 Å². The van der Waals surface area contributed by atoms with Crippen molar-refractivity contribution in [3.63, 3.8) is 0 Å². The van der Waals surface area contributed by atoms with Gasteiger partial charge in [-0.1, -0.05) is 0 Å². The Morgan fingerprint density at radius 2 is 1.00 bits per heavy atom. The Morgan fingerprint density at radius 3 is 1.38 bits per heavy atom. The first-order chi connectivity index (χ1) is 6.27. The predicted molar refractivity (Wildman–Crippen MR) is 54.1 cm³/mol. The lowest BCUT2D eigenvalue weighted by Gasteiger charge is -2.24. The van der Waals surface area contributed by atoms with E-state index in [1.807, 2.05) is 0 Å². The smallest absolute Gasteiger partial charge is 0.0383 e. The second-order valence-corrected chi connectivity index (χ2v) is 6.67. The maximum Gasteiger partial charge on any atom is 0.0383 e. The highest BCUT2D eigenvalue weighted by atomic mass is 35.5. The molecule has 2 bridgehead atoms. The van der Waals surface area contributed by atoms with E-state index >= 15 is 0 Å². The van der Waals surface area contributed by atoms with Gasteiger partial charge in [-0.15, -0.1) is 23.2 Å². The summed E-state index contributed by atoms with van der Waals surface area (Å²) in [4.78, 5) is 0. The van der Waals surface area contributed by atoms with Gasteiger partial charge >= 0.3 is 0 Å². The van der Waals surface area contributed by atoms with Crippen LogP contribution in [0, 0.1) is 35.5 Å². The van der Waals surface area contributed by atoms with Crippen LogP contribution in [0.2, 0.25) is 0 Å². The molecule has 5 fully saturated rings. The Bertz CT molecular complexity index is 223. The molecule has 5 saturated carbocycles. The van der Waals surface area contributed by atoms with Gasteiger partial charge in [-0.2, -0.15) is 0 Å². The van der Waals surface area contributed by atoms with Crippen molar-refractivity contribution < 1.29 is 0 Å². The zero-order valence-electron chi connectivity index (χ0n) is 7.50. The van der Waals surface area contributed by atoms with E-state index < -0.39 is 0 Å². The molecule has 13 heavy (non-hydrogen) atoms. The second kappa shape index (κ2) is 2.22. The SMILES string of the molecule is ClC1CC(Cl)C2C3CC3C1C1CC12. The Morgan fingerprint density at radius 1 is 0.615 bits per heavy atom. The fraction of sp³-hybridized carbons (Fsp3) is 1.00. The molecule has 6 atom stereocenters. The summed E-state index contributed by atoms with van der Waals surface area (Å²) >= 11 is 12.9. The minimum atomic E-state index is 0.403. The van der Waals surface area contributed by atoms with Crippen LogP contribution in [0.4, 0.5) is 0 Å². The highest BCUT2D eigenvalue weighted by Crippen LogP contribution is 2.73. The van der Waals surface area contributed by atoms with Gasteiger partial charge in [0.05, 0.1) is 0 Å². The van der Waals surface area contributed by atoms with E-state index in [1.165, 1.54) is 12.8 Å². The summed E-state index contributed by atoms with van der Waals surface area (Å²) in [6, 6.07) is 0. The third kappa shape index (κ3) is 0.855. The molecule has 0 heterocycles. The average Bonchev–Trinajstić information content (AvgIpc) is 2.82. The maximum absolute atomic E-state index is 6.47. The van der Waals surface area contributed by atoms with E-state index in [1.54, 1.807) is 0 Å². The Hall–Kier alpha value is 0.580. The summed E-state index contributed by atoms with van der Waals surface area (Å²) in [5, 5.41) is 0.806. The molecule has 0 radical (unpaired) electrons. The molecule has 6 unspecified atom stereocenters. The van der Waals surface area contributed by atoms with Gasteiger partial charge in [0.15, 0.2) is 0 Å². The largest absolute Gasteiger partial charge is 0.123 e. The monoisotopic (exact) mass is 216 g/mol. The standard InChI is InChI=1S/C11H14Cl2/c12-8-3-9(13)11-5-1-4(5)10(8)6-2-7(6)11/h4-11H,1-3H2. The summed E-state index contributed by atoms with van der Waals surface area (Å²) < 4.78 is 0. The zero-order valence-corrected chi connectivity index (χ0v) is 9.01. The molecule has 0 aromatic heterocycles. The van der Waals surface area contributed by atoms with Gasteiger partial charge in [0.25, 0.3) is 0 Å². The first-order valence-corrected chi connectivity index (χ1v) is 6.43. The van der Waals surface area contributed by atoms with E-state index in [0.29, 0.717) is 10.8 Å². The Labute approximate surface area is 89.0 Å². The maximum atomic E-state index is 6.47. The molecule has 0 saturated heterocycles. The molecule has 0 aliphatic heterocycles. The van der Waals surface area contributed by atoms with Crippen LogP contribution in [0.15, 0.2) is 0 Å². The van der Waals surface area contributed by atoms with Gasteiger partial charge in [0.2, 0.25) is 0 Å². The second-order valence-electron chi connectivity index (χ2n) is 5.55. The Kier molecular flexibility index (Phi) is 1.33. The third-order valence-corrected chi connectivity index (χ3v) is 5.98. The molecular weight excluding hydrogens is 203 g/mol. The van der Waals surface area contributed by atoms with Crippen LogP contribution in [0.25, 0.3) is 0 Å². The van der Waals surface area contributed by atoms with E-state index in [9.17, 15) is 0 Å².